The van der Waals surface area contributed by atoms with Crippen LogP contribution in [0.5, 0.6) is 5.75 Å². The molecule has 0 aliphatic carbocycles. The van der Waals surface area contributed by atoms with E-state index in [0.29, 0.717) is 23.5 Å². The molecule has 4 aromatic rings. The summed E-state index contributed by atoms with van der Waals surface area (Å²) in [4.78, 5) is 12.6. The first-order valence-corrected chi connectivity index (χ1v) is 12.4. The molecule has 0 unspecified atom stereocenters. The van der Waals surface area contributed by atoms with Crippen LogP contribution in [-0.4, -0.2) is 5.97 Å². The standard InChI is InChI=1S/C33H31FO2/c1-3-4-6-11-29-20-21-31(23-32(29)34)36-33(35)30-18-16-28(17-19-30)27-14-12-25(13-15-27)22-24(2)26-9-7-5-8-10-26/h3-5,7-10,12-21,23-24H,6,11,22H2,1-2H3/t24-/m0/s1. The van der Waals surface area contributed by atoms with Crippen molar-refractivity contribution in [1.82, 2.24) is 0 Å². The van der Waals surface area contributed by atoms with Gasteiger partial charge in [0.1, 0.15) is 11.6 Å². The molecule has 182 valence electrons. The highest BCUT2D eigenvalue weighted by molar-refractivity contribution is 5.91. The van der Waals surface area contributed by atoms with Gasteiger partial charge in [0.15, 0.2) is 0 Å². The van der Waals surface area contributed by atoms with Crippen molar-refractivity contribution in [3.8, 4) is 16.9 Å². The maximum absolute atomic E-state index is 14.3. The number of rotatable bonds is 9. The first-order chi connectivity index (χ1) is 17.5. The summed E-state index contributed by atoms with van der Waals surface area (Å²) in [5.74, 6) is -0.212. The molecule has 0 saturated heterocycles. The van der Waals surface area contributed by atoms with Crippen molar-refractivity contribution in [3.63, 3.8) is 0 Å². The fourth-order valence-electron chi connectivity index (χ4n) is 4.25. The summed E-state index contributed by atoms with van der Waals surface area (Å²) in [7, 11) is 0. The normalized spacial score (nSPS) is 12.0. The Hall–Kier alpha value is -3.98. The fourth-order valence-corrected chi connectivity index (χ4v) is 4.25. The Morgan fingerprint density at radius 3 is 2.19 bits per heavy atom. The van der Waals surface area contributed by atoms with Crippen LogP contribution >= 0.6 is 0 Å². The van der Waals surface area contributed by atoms with Crippen LogP contribution in [0.25, 0.3) is 11.1 Å². The highest BCUT2D eigenvalue weighted by Crippen LogP contribution is 2.25. The Balaban J connectivity index is 1.36. The summed E-state index contributed by atoms with van der Waals surface area (Å²) in [5.41, 5.74) is 5.76. The maximum atomic E-state index is 14.3. The second-order valence-corrected chi connectivity index (χ2v) is 9.04. The quantitative estimate of drug-likeness (QED) is 0.137. The van der Waals surface area contributed by atoms with Crippen LogP contribution < -0.4 is 4.74 Å². The van der Waals surface area contributed by atoms with Gasteiger partial charge in [-0.25, -0.2) is 9.18 Å². The predicted molar refractivity (Wildman–Crippen MR) is 145 cm³/mol. The topological polar surface area (TPSA) is 26.3 Å². The summed E-state index contributed by atoms with van der Waals surface area (Å²) >= 11 is 0. The van der Waals surface area contributed by atoms with Crippen molar-refractivity contribution in [1.29, 1.82) is 0 Å². The van der Waals surface area contributed by atoms with Gasteiger partial charge in [0.25, 0.3) is 0 Å². The second-order valence-electron chi connectivity index (χ2n) is 9.04. The van der Waals surface area contributed by atoms with Crippen LogP contribution in [0, 0.1) is 5.82 Å². The van der Waals surface area contributed by atoms with E-state index in [1.54, 1.807) is 24.3 Å². The second kappa shape index (κ2) is 12.1. The van der Waals surface area contributed by atoms with Crippen LogP contribution in [0.1, 0.15) is 53.2 Å². The van der Waals surface area contributed by atoms with Gasteiger partial charge in [-0.05, 0) is 78.1 Å². The minimum absolute atomic E-state index is 0.205. The first kappa shape index (κ1) is 25.1. The van der Waals surface area contributed by atoms with E-state index < -0.39 is 5.97 Å². The molecule has 0 aromatic heterocycles. The number of carbonyl (C=O) groups is 1. The van der Waals surface area contributed by atoms with Gasteiger partial charge in [0.05, 0.1) is 5.56 Å². The SMILES string of the molecule is CC=CCCc1ccc(OC(=O)c2ccc(-c3ccc(C[C@H](C)c4ccccc4)cc3)cc2)cc1F. The van der Waals surface area contributed by atoms with E-state index in [4.69, 9.17) is 4.74 Å². The fraction of sp³-hybridized carbons (Fsp3) is 0.182. The Morgan fingerprint density at radius 2 is 1.56 bits per heavy atom. The predicted octanol–water partition coefficient (Wildman–Crippen LogP) is 8.57. The summed E-state index contributed by atoms with van der Waals surface area (Å²) in [6.07, 6.45) is 6.31. The van der Waals surface area contributed by atoms with Crippen molar-refractivity contribution in [2.75, 3.05) is 0 Å². The smallest absolute Gasteiger partial charge is 0.343 e. The molecule has 0 amide bonds. The van der Waals surface area contributed by atoms with Crippen molar-refractivity contribution in [3.05, 3.63) is 137 Å². The summed E-state index contributed by atoms with van der Waals surface area (Å²) in [5, 5.41) is 0. The van der Waals surface area contributed by atoms with Gasteiger partial charge in [0, 0.05) is 6.07 Å². The molecule has 0 spiro atoms. The van der Waals surface area contributed by atoms with Gasteiger partial charge in [-0.15, -0.1) is 0 Å². The van der Waals surface area contributed by atoms with E-state index in [2.05, 4.69) is 55.5 Å². The molecular weight excluding hydrogens is 447 g/mol. The molecule has 0 aliphatic rings. The van der Waals surface area contributed by atoms with E-state index in [0.717, 1.165) is 24.0 Å². The van der Waals surface area contributed by atoms with E-state index in [-0.39, 0.29) is 11.6 Å². The molecule has 0 heterocycles. The van der Waals surface area contributed by atoms with Gasteiger partial charge >= 0.3 is 5.97 Å². The number of esters is 1. The van der Waals surface area contributed by atoms with Gasteiger partial charge < -0.3 is 4.74 Å². The molecule has 2 nitrogen and oxygen atoms in total. The lowest BCUT2D eigenvalue weighted by Gasteiger charge is -2.12. The number of ether oxygens (including phenoxy) is 1. The lowest BCUT2D eigenvalue weighted by molar-refractivity contribution is 0.0734. The van der Waals surface area contributed by atoms with Crippen molar-refractivity contribution in [2.24, 2.45) is 0 Å². The number of allylic oxidation sites excluding steroid dienone is 2. The monoisotopic (exact) mass is 478 g/mol. The average molecular weight is 479 g/mol. The zero-order chi connectivity index (χ0) is 25.3. The molecule has 4 rings (SSSR count). The number of carbonyl (C=O) groups excluding carboxylic acids is 1. The van der Waals surface area contributed by atoms with Crippen molar-refractivity contribution < 1.29 is 13.9 Å². The molecule has 36 heavy (non-hydrogen) atoms. The highest BCUT2D eigenvalue weighted by Gasteiger charge is 2.12. The highest BCUT2D eigenvalue weighted by atomic mass is 19.1. The Bertz CT molecular complexity index is 1310. The van der Waals surface area contributed by atoms with Crippen LogP contribution in [0.3, 0.4) is 0 Å². The van der Waals surface area contributed by atoms with Gasteiger partial charge in [0.2, 0.25) is 0 Å². The number of hydrogen-bond donors (Lipinski definition) is 0. The van der Waals surface area contributed by atoms with E-state index in [1.165, 1.54) is 17.2 Å². The van der Waals surface area contributed by atoms with Crippen molar-refractivity contribution in [2.45, 2.75) is 39.0 Å². The third kappa shape index (κ3) is 6.57. The Morgan fingerprint density at radius 1 is 0.889 bits per heavy atom. The summed E-state index contributed by atoms with van der Waals surface area (Å²) < 4.78 is 19.7. The Kier molecular flexibility index (Phi) is 8.46. The van der Waals surface area contributed by atoms with Crippen LogP contribution in [-0.2, 0) is 12.8 Å². The van der Waals surface area contributed by atoms with E-state index >= 15 is 0 Å². The number of halogens is 1. The van der Waals surface area contributed by atoms with Gasteiger partial charge in [-0.2, -0.15) is 0 Å². The lowest BCUT2D eigenvalue weighted by Crippen LogP contribution is -2.08. The molecule has 0 aliphatic heterocycles. The minimum atomic E-state index is -0.507. The maximum Gasteiger partial charge on any atom is 0.343 e. The van der Waals surface area contributed by atoms with E-state index in [9.17, 15) is 9.18 Å². The minimum Gasteiger partial charge on any atom is -0.423 e. The van der Waals surface area contributed by atoms with Crippen molar-refractivity contribution >= 4 is 5.97 Å². The molecule has 0 N–H and O–H groups in total. The van der Waals surface area contributed by atoms with Gasteiger partial charge in [-0.1, -0.05) is 91.9 Å². The largest absolute Gasteiger partial charge is 0.423 e. The first-order valence-electron chi connectivity index (χ1n) is 12.4. The molecule has 0 bridgehead atoms. The molecule has 3 heteroatoms. The summed E-state index contributed by atoms with van der Waals surface area (Å²) in [6, 6.07) is 31.0. The number of aryl methyl sites for hydroxylation is 1. The molecule has 1 atom stereocenters. The molecule has 0 saturated carbocycles. The van der Waals surface area contributed by atoms with Crippen LogP contribution in [0.15, 0.2) is 109 Å². The third-order valence-electron chi connectivity index (χ3n) is 6.37. The molecule has 0 radical (unpaired) electrons. The number of hydrogen-bond acceptors (Lipinski definition) is 2. The van der Waals surface area contributed by atoms with Crippen LogP contribution in [0.2, 0.25) is 0 Å². The molecular formula is C33H31FO2. The summed E-state index contributed by atoms with van der Waals surface area (Å²) in [6.45, 7) is 4.19. The Labute approximate surface area is 213 Å². The van der Waals surface area contributed by atoms with Crippen LogP contribution in [0.4, 0.5) is 4.39 Å². The zero-order valence-corrected chi connectivity index (χ0v) is 20.8. The lowest BCUT2D eigenvalue weighted by atomic mass is 9.93. The van der Waals surface area contributed by atoms with Gasteiger partial charge in [-0.3, -0.25) is 0 Å². The van der Waals surface area contributed by atoms with E-state index in [1.807, 2.05) is 37.3 Å². The third-order valence-corrected chi connectivity index (χ3v) is 6.37. The number of benzene rings is 4. The molecule has 0 fully saturated rings. The zero-order valence-electron chi connectivity index (χ0n) is 20.8. The molecule has 4 aromatic carbocycles. The average Bonchev–Trinajstić information content (AvgIpc) is 2.91.